The van der Waals surface area contributed by atoms with Crippen molar-refractivity contribution in [3.8, 4) is 22.8 Å². The molecule has 1 aliphatic heterocycles. The molecule has 8 heteroatoms. The number of rotatable bonds is 4. The van der Waals surface area contributed by atoms with Gasteiger partial charge in [0.1, 0.15) is 6.10 Å². The first kappa shape index (κ1) is 23.9. The molecule has 0 spiro atoms. The Labute approximate surface area is 208 Å². The number of benzene rings is 2. The van der Waals surface area contributed by atoms with Gasteiger partial charge in [0.05, 0.1) is 41.0 Å². The first-order chi connectivity index (χ1) is 17.1. The smallest absolute Gasteiger partial charge is 0.331 e. The molecule has 0 radical (unpaired) electrons. The van der Waals surface area contributed by atoms with E-state index >= 15 is 0 Å². The minimum absolute atomic E-state index is 0.0177. The summed E-state index contributed by atoms with van der Waals surface area (Å²) in [6.45, 7) is 8.68. The molecule has 36 heavy (non-hydrogen) atoms. The Kier molecular flexibility index (Phi) is 5.59. The predicted octanol–water partition coefficient (Wildman–Crippen LogP) is 3.97. The summed E-state index contributed by atoms with van der Waals surface area (Å²) < 4.78 is 16.8. The van der Waals surface area contributed by atoms with Crippen molar-refractivity contribution < 1.29 is 14.6 Å². The van der Waals surface area contributed by atoms with Crippen molar-refractivity contribution in [1.29, 1.82) is 0 Å². The van der Waals surface area contributed by atoms with Crippen LogP contribution in [0, 0.1) is 6.92 Å². The Hall–Kier alpha value is -3.78. The van der Waals surface area contributed by atoms with Crippen LogP contribution < -0.4 is 16.0 Å². The number of hydrogen-bond donors (Lipinski definition) is 1. The van der Waals surface area contributed by atoms with Crippen molar-refractivity contribution in [3.05, 3.63) is 80.1 Å². The van der Waals surface area contributed by atoms with Crippen LogP contribution in [0.4, 0.5) is 0 Å². The van der Waals surface area contributed by atoms with Crippen LogP contribution in [0.5, 0.6) is 11.5 Å². The number of aryl methyl sites for hydroxylation is 2. The fourth-order valence-electron chi connectivity index (χ4n) is 5.32. The summed E-state index contributed by atoms with van der Waals surface area (Å²) in [6, 6.07) is 13.3. The van der Waals surface area contributed by atoms with Gasteiger partial charge in [-0.3, -0.25) is 13.9 Å². The standard InChI is InChI=1S/C28H31N3O5/c1-7-35-19-13-9-12-18(24(19)32)25-23-22-20(26(33)30(6)27(34)29(22)5)21(17-11-8-10-16(2)14-17)31(23)28(3,4)15-36-25/h8-14,25,32H,7,15H2,1-6H3. The summed E-state index contributed by atoms with van der Waals surface area (Å²) in [7, 11) is 3.16. The summed E-state index contributed by atoms with van der Waals surface area (Å²) in [6.07, 6.45) is -0.725. The second-order valence-electron chi connectivity index (χ2n) is 10.00. The molecule has 3 heterocycles. The number of nitrogens with zero attached hydrogens (tertiary/aromatic N) is 3. The Bertz CT molecular complexity index is 1620. The minimum Gasteiger partial charge on any atom is -0.504 e. The summed E-state index contributed by atoms with van der Waals surface area (Å²) in [5, 5.41) is 11.6. The first-order valence-corrected chi connectivity index (χ1v) is 12.1. The minimum atomic E-state index is -0.725. The topological polar surface area (TPSA) is 87.6 Å². The molecule has 8 nitrogen and oxygen atoms in total. The van der Waals surface area contributed by atoms with Crippen LogP contribution in [0.15, 0.2) is 52.1 Å². The Balaban J connectivity index is 1.98. The van der Waals surface area contributed by atoms with Gasteiger partial charge in [-0.1, -0.05) is 35.9 Å². The second-order valence-corrected chi connectivity index (χ2v) is 10.00. The lowest BCUT2D eigenvalue weighted by molar-refractivity contribution is -0.00812. The van der Waals surface area contributed by atoms with Crippen molar-refractivity contribution in [3.63, 3.8) is 0 Å². The highest BCUT2D eigenvalue weighted by molar-refractivity contribution is 5.97. The van der Waals surface area contributed by atoms with Gasteiger partial charge in [0.2, 0.25) is 0 Å². The molecule has 0 fully saturated rings. The summed E-state index contributed by atoms with van der Waals surface area (Å²) >= 11 is 0. The molecule has 2 aromatic carbocycles. The molecule has 188 valence electrons. The van der Waals surface area contributed by atoms with Crippen molar-refractivity contribution in [2.45, 2.75) is 39.3 Å². The number of fused-ring (bicyclic) bond motifs is 3. The third-order valence-electron chi connectivity index (χ3n) is 6.97. The predicted molar refractivity (Wildman–Crippen MR) is 139 cm³/mol. The van der Waals surface area contributed by atoms with Gasteiger partial charge >= 0.3 is 5.69 Å². The molecular weight excluding hydrogens is 458 g/mol. The number of aromatic hydroxyl groups is 1. The zero-order valence-electron chi connectivity index (χ0n) is 21.5. The van der Waals surface area contributed by atoms with Crippen molar-refractivity contribution in [2.75, 3.05) is 13.2 Å². The largest absolute Gasteiger partial charge is 0.504 e. The Morgan fingerprint density at radius 2 is 1.83 bits per heavy atom. The van der Waals surface area contributed by atoms with Gasteiger partial charge in [0.25, 0.3) is 5.56 Å². The molecule has 1 atom stereocenters. The van der Waals surface area contributed by atoms with E-state index in [4.69, 9.17) is 9.47 Å². The van der Waals surface area contributed by atoms with E-state index in [9.17, 15) is 14.7 Å². The maximum atomic E-state index is 13.7. The fourth-order valence-corrected chi connectivity index (χ4v) is 5.32. The molecule has 0 aliphatic carbocycles. The van der Waals surface area contributed by atoms with Crippen LogP contribution in [0.25, 0.3) is 22.2 Å². The Morgan fingerprint density at radius 1 is 1.11 bits per heavy atom. The van der Waals surface area contributed by atoms with Crippen LogP contribution in [0.2, 0.25) is 0 Å². The lowest BCUT2D eigenvalue weighted by Gasteiger charge is -2.39. The number of hydrogen-bond acceptors (Lipinski definition) is 5. The van der Waals surface area contributed by atoms with Gasteiger partial charge in [0, 0.05) is 19.7 Å². The molecule has 0 saturated carbocycles. The zero-order chi connectivity index (χ0) is 25.9. The first-order valence-electron chi connectivity index (χ1n) is 12.1. The van der Waals surface area contributed by atoms with E-state index in [1.807, 2.05) is 52.0 Å². The van der Waals surface area contributed by atoms with Crippen LogP contribution in [0.1, 0.15) is 43.7 Å². The van der Waals surface area contributed by atoms with Crippen molar-refractivity contribution in [1.82, 2.24) is 13.7 Å². The van der Waals surface area contributed by atoms with Gasteiger partial charge in [-0.15, -0.1) is 0 Å². The van der Waals surface area contributed by atoms with E-state index < -0.39 is 17.3 Å². The number of phenolic OH excluding ortho intramolecular Hbond substituents is 1. The lowest BCUT2D eigenvalue weighted by atomic mass is 9.97. The SMILES string of the molecule is CCOc1cccc(C2OCC(C)(C)n3c(-c4cccc(C)c4)c4c(=O)n(C)c(=O)n(C)c4c32)c1O. The zero-order valence-corrected chi connectivity index (χ0v) is 21.5. The van der Waals surface area contributed by atoms with E-state index in [0.29, 0.717) is 41.1 Å². The maximum Gasteiger partial charge on any atom is 0.331 e. The second kappa shape index (κ2) is 8.41. The van der Waals surface area contributed by atoms with Gasteiger partial charge in [0.15, 0.2) is 11.5 Å². The van der Waals surface area contributed by atoms with Gasteiger partial charge < -0.3 is 19.1 Å². The number of phenols is 1. The quantitative estimate of drug-likeness (QED) is 0.469. The van der Waals surface area contributed by atoms with Gasteiger partial charge in [-0.25, -0.2) is 4.79 Å². The summed E-state index contributed by atoms with van der Waals surface area (Å²) in [5.74, 6) is 0.338. The maximum absolute atomic E-state index is 13.7. The summed E-state index contributed by atoms with van der Waals surface area (Å²) in [5.41, 5.74) is 3.00. The molecule has 4 aromatic rings. The summed E-state index contributed by atoms with van der Waals surface area (Å²) in [4.78, 5) is 26.8. The third kappa shape index (κ3) is 3.39. The lowest BCUT2D eigenvalue weighted by Crippen LogP contribution is -2.40. The van der Waals surface area contributed by atoms with Crippen molar-refractivity contribution >= 4 is 10.9 Å². The Morgan fingerprint density at radius 3 is 2.53 bits per heavy atom. The monoisotopic (exact) mass is 489 g/mol. The highest BCUT2D eigenvalue weighted by atomic mass is 16.5. The van der Waals surface area contributed by atoms with E-state index in [1.54, 1.807) is 25.2 Å². The molecule has 2 aromatic heterocycles. The van der Waals surface area contributed by atoms with E-state index in [2.05, 4.69) is 4.57 Å². The van der Waals surface area contributed by atoms with E-state index in [1.165, 1.54) is 11.6 Å². The van der Waals surface area contributed by atoms with E-state index in [-0.39, 0.29) is 11.3 Å². The van der Waals surface area contributed by atoms with E-state index in [0.717, 1.165) is 21.4 Å². The number of ether oxygens (including phenoxy) is 2. The third-order valence-corrected chi connectivity index (χ3v) is 6.97. The molecule has 1 aliphatic rings. The highest BCUT2D eigenvalue weighted by Gasteiger charge is 2.41. The molecule has 1 unspecified atom stereocenters. The van der Waals surface area contributed by atoms with Crippen LogP contribution in [-0.2, 0) is 24.4 Å². The average Bonchev–Trinajstić information content (AvgIpc) is 3.21. The molecule has 0 saturated heterocycles. The molecule has 5 rings (SSSR count). The van der Waals surface area contributed by atoms with Crippen LogP contribution >= 0.6 is 0 Å². The van der Waals surface area contributed by atoms with Gasteiger partial charge in [-0.2, -0.15) is 0 Å². The van der Waals surface area contributed by atoms with Crippen LogP contribution in [-0.4, -0.2) is 32.0 Å². The van der Waals surface area contributed by atoms with Crippen LogP contribution in [0.3, 0.4) is 0 Å². The average molecular weight is 490 g/mol. The van der Waals surface area contributed by atoms with Gasteiger partial charge in [-0.05, 0) is 45.4 Å². The molecular formula is C28H31N3O5. The molecule has 0 amide bonds. The molecule has 1 N–H and O–H groups in total. The van der Waals surface area contributed by atoms with Crippen molar-refractivity contribution in [2.24, 2.45) is 14.1 Å². The number of aromatic nitrogens is 3. The normalized spacial score (nSPS) is 16.8. The molecule has 0 bridgehead atoms. The highest BCUT2D eigenvalue weighted by Crippen LogP contribution is 2.48. The fraction of sp³-hybridized carbons (Fsp3) is 0.357. The number of para-hydroxylation sites is 1.